The van der Waals surface area contributed by atoms with Gasteiger partial charge in [0.05, 0.1) is 25.4 Å². The predicted octanol–water partition coefficient (Wildman–Crippen LogP) is 19.8. The number of benzene rings is 8. The number of likely N-dealkylation sites (tertiary alicyclic amines) is 4. The minimum absolute atomic E-state index is 0.0127. The van der Waals surface area contributed by atoms with Gasteiger partial charge in [0.25, 0.3) is 0 Å². The normalized spacial score (nSPS) is 17.7. The third kappa shape index (κ3) is 19.2. The first-order chi connectivity index (χ1) is 55.5. The Morgan fingerprint density at radius 1 is 0.448 bits per heavy atom. The van der Waals surface area contributed by atoms with E-state index in [1.165, 1.54) is 39.2 Å². The summed E-state index contributed by atoms with van der Waals surface area (Å²) in [5.74, 6) is 0.351. The number of hydrogen-bond acceptors (Lipinski definition) is 18. The summed E-state index contributed by atoms with van der Waals surface area (Å²) in [6.07, 6.45) is 7.39. The molecule has 5 fully saturated rings. The predicted molar refractivity (Wildman–Crippen MR) is 430 cm³/mol. The molecule has 28 heteroatoms. The number of rotatable bonds is 24. The summed E-state index contributed by atoms with van der Waals surface area (Å²) in [7, 11) is 2.19. The first-order valence-corrected chi connectivity index (χ1v) is 39.7. The average Bonchev–Trinajstić information content (AvgIpc) is 1.64. The van der Waals surface area contributed by atoms with Crippen LogP contribution in [0.15, 0.2) is 147 Å². The Morgan fingerprint density at radius 3 is 1.24 bits per heavy atom. The fraction of sp³-hybridized carbons (Fsp3) is 0.409. The van der Waals surface area contributed by atoms with Crippen LogP contribution in [0, 0.1) is 27.7 Å². The molecule has 5 aliphatic heterocycles. The largest absolute Gasteiger partial charge is 0.495 e. The van der Waals surface area contributed by atoms with E-state index in [4.69, 9.17) is 51.8 Å². The Kier molecular flexibility index (Phi) is 26.7. The van der Waals surface area contributed by atoms with Gasteiger partial charge in [-0.2, -0.15) is 35.1 Å². The molecule has 15 rings (SSSR count). The molecule has 18 nitrogen and oxygen atoms in total. The molecule has 0 amide bonds. The Balaban J connectivity index is 0.000000169. The number of ether oxygens (including phenoxy) is 6. The van der Waals surface area contributed by atoms with E-state index < -0.39 is 56.9 Å². The lowest BCUT2D eigenvalue weighted by atomic mass is 9.74. The lowest BCUT2D eigenvalue weighted by molar-refractivity contribution is -0.146. The van der Waals surface area contributed by atoms with Crippen molar-refractivity contribution in [2.45, 2.75) is 183 Å². The SMILES string of the molecule is COC(=O)[C@@H]1CCCN1Cc1cc2nc(-c3cccc(-c4cccc(-c5ccc(CN6CCCC6)c(OC(F)F)c5)c4C)c3C)oc2cc1OC(F)F.COC(=O)[C@@H]1CCCN1Cc1cc2nc(-c3cccc(-c4cccc(B5OC(C)(C)C(C)(C)O5)c4C)c3C)oc2cc1OC(F)F.FC(F)Oc1cc(Br)ccc1CN1CCCC1. The summed E-state index contributed by atoms with van der Waals surface area (Å²) < 4.78 is 161. The van der Waals surface area contributed by atoms with Crippen molar-refractivity contribution in [3.05, 3.63) is 182 Å². The van der Waals surface area contributed by atoms with Crippen LogP contribution in [0.25, 0.3) is 78.5 Å². The highest BCUT2D eigenvalue weighted by Gasteiger charge is 2.52. The van der Waals surface area contributed by atoms with Crippen LogP contribution in [0.5, 0.6) is 23.0 Å². The number of halogens is 9. The van der Waals surface area contributed by atoms with Crippen molar-refractivity contribution < 1.29 is 91.3 Å². The van der Waals surface area contributed by atoms with E-state index in [9.17, 15) is 44.7 Å². The fourth-order valence-electron chi connectivity index (χ4n) is 16.2. The van der Waals surface area contributed by atoms with Gasteiger partial charge in [0, 0.05) is 76.2 Å². The average molecular weight is 1670 g/mol. The molecule has 8 aromatic carbocycles. The minimum Gasteiger partial charge on any atom is -0.468 e. The van der Waals surface area contributed by atoms with E-state index in [1.807, 2.05) is 143 Å². The second-order valence-corrected chi connectivity index (χ2v) is 31.7. The summed E-state index contributed by atoms with van der Waals surface area (Å²) in [5.41, 5.74) is 15.0. The molecule has 0 spiro atoms. The van der Waals surface area contributed by atoms with Crippen LogP contribution in [0.4, 0.5) is 35.1 Å². The van der Waals surface area contributed by atoms with Gasteiger partial charge in [-0.1, -0.05) is 94.8 Å². The summed E-state index contributed by atoms with van der Waals surface area (Å²) >= 11 is 3.26. The smallest absolute Gasteiger partial charge is 0.468 e. The molecule has 2 aromatic heterocycles. The topological polar surface area (TPSA) is 173 Å². The van der Waals surface area contributed by atoms with Gasteiger partial charge in [-0.15, -0.1) is 0 Å². The second-order valence-electron chi connectivity index (χ2n) is 30.8. The number of esters is 2. The summed E-state index contributed by atoms with van der Waals surface area (Å²) in [5, 5.41) is 0. The van der Waals surface area contributed by atoms with E-state index in [0.29, 0.717) is 84.1 Å². The van der Waals surface area contributed by atoms with Gasteiger partial charge < -0.3 is 46.6 Å². The maximum Gasteiger partial charge on any atom is 0.495 e. The molecular weight excluding hydrogens is 1580 g/mol. The molecule has 7 heterocycles. The molecule has 0 saturated carbocycles. The van der Waals surface area contributed by atoms with Crippen molar-refractivity contribution >= 4 is 62.6 Å². The van der Waals surface area contributed by atoms with Crippen molar-refractivity contribution in [2.75, 3.05) is 53.5 Å². The number of fused-ring (bicyclic) bond motifs is 2. The highest BCUT2D eigenvalue weighted by molar-refractivity contribution is 9.10. The van der Waals surface area contributed by atoms with Gasteiger partial charge in [0.1, 0.15) is 46.1 Å². The molecule has 5 saturated heterocycles. The zero-order chi connectivity index (χ0) is 82.4. The number of nitrogens with zero attached hydrogens (tertiary/aromatic N) is 6. The van der Waals surface area contributed by atoms with Crippen LogP contribution in [0.2, 0.25) is 0 Å². The third-order valence-electron chi connectivity index (χ3n) is 22.9. The molecular formula is C88H94BBrF8N6O12. The van der Waals surface area contributed by atoms with E-state index in [1.54, 1.807) is 24.3 Å². The first kappa shape index (κ1) is 84.5. The maximum atomic E-state index is 13.5. The number of methoxy groups -OCH3 is 2. The van der Waals surface area contributed by atoms with Gasteiger partial charge in [-0.05, 0) is 250 Å². The van der Waals surface area contributed by atoms with Crippen molar-refractivity contribution in [2.24, 2.45) is 0 Å². The van der Waals surface area contributed by atoms with Gasteiger partial charge in [-0.3, -0.25) is 29.2 Å². The first-order valence-electron chi connectivity index (χ1n) is 39.0. The standard InChI is InChI=1S/C41H41F4N3O5.C35H39BF2N2O6.C12H14BrF2NO/c1-24-29(26-14-15-27(22-47-16-4-5-17-47)35(20-26)52-40(42)43)9-6-10-30(24)31-11-7-12-32(25(31)2)38-46-33-19-28(36(53-41(44)45)21-37(33)51-38)23-48-18-8-13-34(48)39(49)50-3;1-20-23(24-12-9-14-26(21(24)2)36-45-34(3,4)35(5,6)46-36)11-8-13-25(20)31-39-27-17-22(29(44-33(37)38)18-30(27)43-31)19-40-16-10-15-28(40)32(41)42-7;13-10-4-3-9(8-16-5-1-2-6-16)11(7-10)17-12(14)15/h6-7,9-12,14-15,19-21,34,40-41H,4-5,8,13,16-18,22-23H2,1-3H3;8-9,11-14,17-18,28,33H,10,15-16,19H2,1-7H3;3-4,7,12H,1-2,5-6,8H2/t34-;28-;/m00./s1. The summed E-state index contributed by atoms with van der Waals surface area (Å²) in [6.45, 7) is 11.2. The van der Waals surface area contributed by atoms with Gasteiger partial charge in [0.15, 0.2) is 11.2 Å². The minimum atomic E-state index is -3.06. The summed E-state index contributed by atoms with van der Waals surface area (Å²) in [4.78, 5) is 42.5. The molecule has 116 heavy (non-hydrogen) atoms. The highest BCUT2D eigenvalue weighted by Crippen LogP contribution is 2.44. The van der Waals surface area contributed by atoms with Crippen LogP contribution >= 0.6 is 15.9 Å². The number of carbonyl (C=O) groups excluding carboxylic acids is 2. The van der Waals surface area contributed by atoms with Gasteiger partial charge in [0.2, 0.25) is 11.8 Å². The number of carbonyl (C=O) groups is 2. The van der Waals surface area contributed by atoms with Crippen molar-refractivity contribution in [1.82, 2.24) is 29.6 Å². The molecule has 0 N–H and O–H groups in total. The molecule has 0 radical (unpaired) electrons. The Hall–Kier alpha value is -9.42. The zero-order valence-corrected chi connectivity index (χ0v) is 68.0. The molecule has 2 atom stereocenters. The summed E-state index contributed by atoms with van der Waals surface area (Å²) in [6, 6.07) is 39.9. The number of alkyl halides is 8. The molecule has 0 bridgehead atoms. The lowest BCUT2D eigenvalue weighted by Crippen LogP contribution is -2.41. The molecule has 10 aromatic rings. The molecule has 5 aliphatic rings. The molecule has 0 aliphatic carbocycles. The number of oxazole rings is 2. The molecule has 614 valence electrons. The van der Waals surface area contributed by atoms with Crippen molar-refractivity contribution in [1.29, 1.82) is 0 Å². The monoisotopic (exact) mass is 1670 g/mol. The van der Waals surface area contributed by atoms with E-state index in [0.717, 1.165) is 134 Å². The number of hydrogen-bond donors (Lipinski definition) is 0. The second kappa shape index (κ2) is 36.6. The highest BCUT2D eigenvalue weighted by atomic mass is 79.9. The van der Waals surface area contributed by atoms with Crippen LogP contribution in [-0.4, -0.2) is 152 Å². The fourth-order valence-corrected chi connectivity index (χ4v) is 16.5. The Morgan fingerprint density at radius 2 is 0.819 bits per heavy atom. The third-order valence-corrected chi connectivity index (χ3v) is 23.4. The van der Waals surface area contributed by atoms with Crippen LogP contribution in [0.1, 0.15) is 124 Å². The number of aromatic nitrogens is 2. The van der Waals surface area contributed by atoms with Crippen LogP contribution < -0.4 is 24.4 Å². The maximum absolute atomic E-state index is 13.5. The van der Waals surface area contributed by atoms with Crippen LogP contribution in [0.3, 0.4) is 0 Å². The van der Waals surface area contributed by atoms with E-state index >= 15 is 0 Å². The van der Waals surface area contributed by atoms with Gasteiger partial charge in [-0.25, -0.2) is 9.97 Å². The zero-order valence-electron chi connectivity index (χ0n) is 66.5. The molecule has 0 unspecified atom stereocenters. The lowest BCUT2D eigenvalue weighted by Gasteiger charge is -2.32. The quantitative estimate of drug-likeness (QED) is 0.0317. The van der Waals surface area contributed by atoms with E-state index in [2.05, 4.69) is 49.5 Å². The van der Waals surface area contributed by atoms with E-state index in [-0.39, 0.29) is 53.6 Å². The Bertz CT molecular complexity index is 5160. The van der Waals surface area contributed by atoms with Crippen molar-refractivity contribution in [3.63, 3.8) is 0 Å². The van der Waals surface area contributed by atoms with Gasteiger partial charge >= 0.3 is 45.5 Å². The van der Waals surface area contributed by atoms with Crippen molar-refractivity contribution in [3.8, 4) is 79.3 Å². The van der Waals surface area contributed by atoms with Crippen LogP contribution in [-0.2, 0) is 54.6 Å². The Labute approximate surface area is 677 Å².